The summed E-state index contributed by atoms with van der Waals surface area (Å²) in [5.74, 6) is 1.76. The van der Waals surface area contributed by atoms with E-state index in [0.29, 0.717) is 0 Å². The highest BCUT2D eigenvalue weighted by Crippen LogP contribution is 2.17. The molecule has 0 aliphatic carbocycles. The van der Waals surface area contributed by atoms with Crippen molar-refractivity contribution in [3.05, 3.63) is 6.07 Å². The SMILES string of the molecule is CCCNc1cc(NCCCOCCC)nc(SC)n1. The normalized spacial score (nSPS) is 10.6. The van der Waals surface area contributed by atoms with Crippen LogP contribution in [0.4, 0.5) is 11.6 Å². The topological polar surface area (TPSA) is 59.1 Å². The maximum atomic E-state index is 5.45. The van der Waals surface area contributed by atoms with E-state index in [9.17, 15) is 0 Å². The highest BCUT2D eigenvalue weighted by molar-refractivity contribution is 7.98. The molecule has 0 bridgehead atoms. The van der Waals surface area contributed by atoms with Crippen LogP contribution in [-0.2, 0) is 4.74 Å². The number of anilines is 2. The average molecular weight is 298 g/mol. The summed E-state index contributed by atoms with van der Waals surface area (Å²) in [7, 11) is 0. The molecule has 0 aliphatic heterocycles. The lowest BCUT2D eigenvalue weighted by Gasteiger charge is -2.10. The summed E-state index contributed by atoms with van der Waals surface area (Å²) in [4.78, 5) is 8.89. The fourth-order valence-electron chi connectivity index (χ4n) is 1.59. The summed E-state index contributed by atoms with van der Waals surface area (Å²) in [6, 6.07) is 1.96. The van der Waals surface area contributed by atoms with Crippen molar-refractivity contribution in [3.8, 4) is 0 Å². The number of rotatable bonds is 11. The van der Waals surface area contributed by atoms with E-state index in [-0.39, 0.29) is 0 Å². The Labute approximate surface area is 126 Å². The maximum absolute atomic E-state index is 5.45. The molecule has 0 spiro atoms. The lowest BCUT2D eigenvalue weighted by molar-refractivity contribution is 0.134. The Hall–Kier alpha value is -1.01. The molecule has 1 aromatic rings. The number of nitrogens with zero attached hydrogens (tertiary/aromatic N) is 2. The van der Waals surface area contributed by atoms with E-state index in [1.54, 1.807) is 11.8 Å². The number of hydrogen-bond donors (Lipinski definition) is 2. The fraction of sp³-hybridized carbons (Fsp3) is 0.714. The molecule has 0 saturated carbocycles. The molecular formula is C14H26N4OS. The molecule has 1 rings (SSSR count). The van der Waals surface area contributed by atoms with Crippen LogP contribution in [0.25, 0.3) is 0 Å². The first-order valence-electron chi connectivity index (χ1n) is 7.28. The predicted octanol–water partition coefficient (Wildman–Crippen LogP) is 3.25. The Kier molecular flexibility index (Phi) is 9.15. The highest BCUT2D eigenvalue weighted by atomic mass is 32.2. The summed E-state index contributed by atoms with van der Waals surface area (Å²) < 4.78 is 5.45. The van der Waals surface area contributed by atoms with Crippen molar-refractivity contribution < 1.29 is 4.74 Å². The van der Waals surface area contributed by atoms with Gasteiger partial charge in [-0.1, -0.05) is 25.6 Å². The molecule has 6 heteroatoms. The lowest BCUT2D eigenvalue weighted by atomic mass is 10.4. The first-order chi connectivity index (χ1) is 9.80. The molecule has 0 saturated heterocycles. The van der Waals surface area contributed by atoms with Crippen LogP contribution in [0.1, 0.15) is 33.1 Å². The van der Waals surface area contributed by atoms with Crippen molar-refractivity contribution in [1.29, 1.82) is 0 Å². The maximum Gasteiger partial charge on any atom is 0.191 e. The van der Waals surface area contributed by atoms with Gasteiger partial charge in [0.1, 0.15) is 11.6 Å². The third-order valence-corrected chi connectivity index (χ3v) is 3.11. The molecular weight excluding hydrogens is 272 g/mol. The van der Waals surface area contributed by atoms with Gasteiger partial charge in [0.25, 0.3) is 0 Å². The standard InChI is InChI=1S/C14H26N4OS/c1-4-7-15-12-11-13(18-14(17-12)20-3)16-8-6-10-19-9-5-2/h11H,4-10H2,1-3H3,(H2,15,16,17,18). The first-order valence-corrected chi connectivity index (χ1v) is 8.51. The molecule has 0 radical (unpaired) electrons. The van der Waals surface area contributed by atoms with Crippen molar-refractivity contribution in [2.45, 2.75) is 38.3 Å². The Morgan fingerprint density at radius 1 is 1.05 bits per heavy atom. The number of ether oxygens (including phenoxy) is 1. The molecule has 0 amide bonds. The monoisotopic (exact) mass is 298 g/mol. The van der Waals surface area contributed by atoms with E-state index in [2.05, 4.69) is 34.4 Å². The summed E-state index contributed by atoms with van der Waals surface area (Å²) in [5.41, 5.74) is 0. The van der Waals surface area contributed by atoms with Gasteiger partial charge in [-0.05, 0) is 25.5 Å². The number of thioether (sulfide) groups is 1. The molecule has 114 valence electrons. The third kappa shape index (κ3) is 6.96. The van der Waals surface area contributed by atoms with Gasteiger partial charge in [0.2, 0.25) is 0 Å². The fourth-order valence-corrected chi connectivity index (χ4v) is 1.97. The molecule has 0 aromatic carbocycles. The Morgan fingerprint density at radius 2 is 1.75 bits per heavy atom. The molecule has 2 N–H and O–H groups in total. The van der Waals surface area contributed by atoms with Gasteiger partial charge in [-0.2, -0.15) is 0 Å². The van der Waals surface area contributed by atoms with E-state index in [1.165, 1.54) is 0 Å². The number of hydrogen-bond acceptors (Lipinski definition) is 6. The van der Waals surface area contributed by atoms with Crippen LogP contribution in [-0.4, -0.2) is 42.5 Å². The minimum absolute atomic E-state index is 0.788. The van der Waals surface area contributed by atoms with Crippen molar-refractivity contribution >= 4 is 23.4 Å². The summed E-state index contributed by atoms with van der Waals surface area (Å²) in [6.07, 6.45) is 5.12. The zero-order chi connectivity index (χ0) is 14.6. The van der Waals surface area contributed by atoms with Gasteiger partial charge in [0.05, 0.1) is 0 Å². The second-order valence-corrected chi connectivity index (χ2v) is 5.22. The number of aromatic nitrogens is 2. The van der Waals surface area contributed by atoms with E-state index in [1.807, 2.05) is 12.3 Å². The van der Waals surface area contributed by atoms with Crippen molar-refractivity contribution in [2.24, 2.45) is 0 Å². The Balaban J connectivity index is 2.42. The van der Waals surface area contributed by atoms with E-state index in [4.69, 9.17) is 4.74 Å². The van der Waals surface area contributed by atoms with Crippen LogP contribution in [0.2, 0.25) is 0 Å². The molecule has 1 aromatic heterocycles. The van der Waals surface area contributed by atoms with Crippen molar-refractivity contribution in [2.75, 3.05) is 43.2 Å². The van der Waals surface area contributed by atoms with Gasteiger partial charge < -0.3 is 15.4 Å². The number of nitrogens with one attached hydrogen (secondary N) is 2. The average Bonchev–Trinajstić information content (AvgIpc) is 2.48. The van der Waals surface area contributed by atoms with Crippen LogP contribution in [0, 0.1) is 0 Å². The molecule has 1 heterocycles. The molecule has 0 aliphatic rings. The van der Waals surface area contributed by atoms with Crippen LogP contribution in [0.3, 0.4) is 0 Å². The van der Waals surface area contributed by atoms with Gasteiger partial charge >= 0.3 is 0 Å². The zero-order valence-electron chi connectivity index (χ0n) is 12.7. The predicted molar refractivity (Wildman–Crippen MR) is 86.8 cm³/mol. The summed E-state index contributed by atoms with van der Waals surface area (Å²) in [5, 5.41) is 7.42. The molecule has 20 heavy (non-hydrogen) atoms. The minimum atomic E-state index is 0.788. The molecule has 0 atom stereocenters. The Morgan fingerprint density at radius 3 is 2.35 bits per heavy atom. The third-order valence-electron chi connectivity index (χ3n) is 2.56. The zero-order valence-corrected chi connectivity index (χ0v) is 13.6. The minimum Gasteiger partial charge on any atom is -0.381 e. The second-order valence-electron chi connectivity index (χ2n) is 4.44. The van der Waals surface area contributed by atoms with Gasteiger partial charge in [-0.25, -0.2) is 9.97 Å². The Bertz CT molecular complexity index is 376. The second kappa shape index (κ2) is 10.7. The van der Waals surface area contributed by atoms with Gasteiger partial charge in [0.15, 0.2) is 5.16 Å². The van der Waals surface area contributed by atoms with Crippen LogP contribution in [0.5, 0.6) is 0 Å². The quantitative estimate of drug-likeness (QED) is 0.371. The van der Waals surface area contributed by atoms with E-state index < -0.39 is 0 Å². The lowest BCUT2D eigenvalue weighted by Crippen LogP contribution is -2.09. The van der Waals surface area contributed by atoms with Crippen molar-refractivity contribution in [3.63, 3.8) is 0 Å². The molecule has 0 unspecified atom stereocenters. The molecule has 0 fully saturated rings. The van der Waals surface area contributed by atoms with E-state index in [0.717, 1.165) is 62.4 Å². The first kappa shape index (κ1) is 17.0. The van der Waals surface area contributed by atoms with Crippen LogP contribution in [0.15, 0.2) is 11.2 Å². The van der Waals surface area contributed by atoms with Gasteiger partial charge in [-0.15, -0.1) is 0 Å². The largest absolute Gasteiger partial charge is 0.381 e. The van der Waals surface area contributed by atoms with E-state index >= 15 is 0 Å². The molecule has 5 nitrogen and oxygen atoms in total. The summed E-state index contributed by atoms with van der Waals surface area (Å²) in [6.45, 7) is 7.68. The van der Waals surface area contributed by atoms with Crippen LogP contribution < -0.4 is 10.6 Å². The van der Waals surface area contributed by atoms with Gasteiger partial charge in [0, 0.05) is 32.4 Å². The van der Waals surface area contributed by atoms with Crippen LogP contribution >= 0.6 is 11.8 Å². The highest BCUT2D eigenvalue weighted by Gasteiger charge is 2.03. The van der Waals surface area contributed by atoms with Gasteiger partial charge in [-0.3, -0.25) is 0 Å². The smallest absolute Gasteiger partial charge is 0.191 e. The van der Waals surface area contributed by atoms with Crippen molar-refractivity contribution in [1.82, 2.24) is 9.97 Å². The summed E-state index contributed by atoms with van der Waals surface area (Å²) >= 11 is 1.55.